The summed E-state index contributed by atoms with van der Waals surface area (Å²) in [7, 11) is -0.613. The summed E-state index contributed by atoms with van der Waals surface area (Å²) in [5.41, 5.74) is 0.685. The summed E-state index contributed by atoms with van der Waals surface area (Å²) in [5.74, 6) is 1.44. The molecule has 2 aromatic rings. The van der Waals surface area contributed by atoms with Crippen LogP contribution in [0.2, 0.25) is 0 Å². The first kappa shape index (κ1) is 17.7. The van der Waals surface area contributed by atoms with Gasteiger partial charge in [-0.15, -0.1) is 0 Å². The van der Waals surface area contributed by atoms with E-state index in [0.717, 1.165) is 5.41 Å². The first-order valence-electron chi connectivity index (χ1n) is 7.14. The van der Waals surface area contributed by atoms with Gasteiger partial charge in [-0.25, -0.2) is 22.7 Å². The Labute approximate surface area is 141 Å². The Morgan fingerprint density at radius 2 is 2.00 bits per heavy atom. The Kier molecular flexibility index (Phi) is 5.75. The number of benzene rings is 1. The highest BCUT2D eigenvalue weighted by atomic mass is 32.2. The van der Waals surface area contributed by atoms with E-state index in [1.54, 1.807) is 32.2 Å². The first-order chi connectivity index (χ1) is 11.5. The molecule has 0 aliphatic rings. The second-order valence-corrected chi connectivity index (χ2v) is 6.51. The first-order valence-corrected chi connectivity index (χ1v) is 8.64. The molecule has 0 unspecified atom stereocenters. The molecule has 8 heteroatoms. The lowest BCUT2D eigenvalue weighted by molar-refractivity contribution is 0.391. The van der Waals surface area contributed by atoms with E-state index in [4.69, 9.17) is 9.47 Å². The van der Waals surface area contributed by atoms with Crippen molar-refractivity contribution in [3.05, 3.63) is 53.8 Å². The second kappa shape index (κ2) is 7.78. The van der Waals surface area contributed by atoms with Crippen LogP contribution in [0.3, 0.4) is 0 Å². The summed E-state index contributed by atoms with van der Waals surface area (Å²) in [6.45, 7) is 1.71. The molecule has 2 rings (SSSR count). The van der Waals surface area contributed by atoms with Crippen molar-refractivity contribution >= 4 is 15.8 Å². The topological polar surface area (TPSA) is 81.6 Å². The molecule has 0 atom stereocenters. The molecule has 7 nitrogen and oxygen atoms in total. The fraction of sp³-hybridized carbons (Fsp3) is 0.250. The molecule has 0 saturated heterocycles. The van der Waals surface area contributed by atoms with Crippen LogP contribution in [-0.2, 0) is 16.6 Å². The number of nitrogens with zero attached hydrogens (tertiary/aromatic N) is 3. The van der Waals surface area contributed by atoms with Gasteiger partial charge in [0.1, 0.15) is 23.6 Å². The molecular weight excluding hydrogens is 330 g/mol. The SMILES string of the molecule is C/C=C/S(=O)(=O)N(Cc1ccc(OC)cc1OC)c1ccncn1. The van der Waals surface area contributed by atoms with E-state index in [1.807, 2.05) is 0 Å². The molecule has 0 amide bonds. The van der Waals surface area contributed by atoms with E-state index in [-0.39, 0.29) is 12.4 Å². The van der Waals surface area contributed by atoms with Crippen LogP contribution in [0.15, 0.2) is 48.3 Å². The van der Waals surface area contributed by atoms with Crippen molar-refractivity contribution in [3.63, 3.8) is 0 Å². The van der Waals surface area contributed by atoms with Crippen LogP contribution in [0.25, 0.3) is 0 Å². The van der Waals surface area contributed by atoms with Gasteiger partial charge in [-0.05, 0) is 19.1 Å². The molecule has 0 fully saturated rings. The van der Waals surface area contributed by atoms with Gasteiger partial charge in [0, 0.05) is 29.3 Å². The number of hydrogen-bond acceptors (Lipinski definition) is 6. The molecule has 1 heterocycles. The third-order valence-electron chi connectivity index (χ3n) is 3.25. The van der Waals surface area contributed by atoms with Crippen molar-refractivity contribution in [3.8, 4) is 11.5 Å². The molecule has 0 spiro atoms. The average molecular weight is 349 g/mol. The number of anilines is 1. The van der Waals surface area contributed by atoms with Gasteiger partial charge in [-0.3, -0.25) is 0 Å². The lowest BCUT2D eigenvalue weighted by Gasteiger charge is -2.22. The van der Waals surface area contributed by atoms with E-state index in [9.17, 15) is 8.42 Å². The maximum atomic E-state index is 12.6. The van der Waals surface area contributed by atoms with Crippen LogP contribution in [0, 0.1) is 0 Å². The monoisotopic (exact) mass is 349 g/mol. The zero-order chi connectivity index (χ0) is 17.6. The number of methoxy groups -OCH3 is 2. The van der Waals surface area contributed by atoms with Crippen molar-refractivity contribution in [1.82, 2.24) is 9.97 Å². The van der Waals surface area contributed by atoms with Gasteiger partial charge in [0.05, 0.1) is 20.8 Å². The van der Waals surface area contributed by atoms with Gasteiger partial charge in [-0.1, -0.05) is 6.08 Å². The summed E-state index contributed by atoms with van der Waals surface area (Å²) in [6.07, 6.45) is 4.26. The minimum atomic E-state index is -3.69. The molecule has 1 aromatic carbocycles. The van der Waals surface area contributed by atoms with E-state index in [2.05, 4.69) is 9.97 Å². The Balaban J connectivity index is 2.47. The molecule has 0 bridgehead atoms. The number of hydrogen-bond donors (Lipinski definition) is 0. The van der Waals surface area contributed by atoms with Crippen molar-refractivity contribution in [2.75, 3.05) is 18.5 Å². The largest absolute Gasteiger partial charge is 0.497 e. The Morgan fingerprint density at radius 3 is 2.58 bits per heavy atom. The highest BCUT2D eigenvalue weighted by Gasteiger charge is 2.22. The third kappa shape index (κ3) is 4.02. The number of allylic oxidation sites excluding steroid dienone is 1. The van der Waals surface area contributed by atoms with Gasteiger partial charge < -0.3 is 9.47 Å². The van der Waals surface area contributed by atoms with Crippen LogP contribution >= 0.6 is 0 Å². The summed E-state index contributed by atoms with van der Waals surface area (Å²) < 4.78 is 36.8. The summed E-state index contributed by atoms with van der Waals surface area (Å²) in [5, 5.41) is 1.13. The van der Waals surface area contributed by atoms with Crippen molar-refractivity contribution in [2.45, 2.75) is 13.5 Å². The normalized spacial score (nSPS) is 11.5. The van der Waals surface area contributed by atoms with E-state index in [1.165, 1.54) is 36.1 Å². The summed E-state index contributed by atoms with van der Waals surface area (Å²) in [6, 6.07) is 6.75. The molecule has 0 saturated carbocycles. The van der Waals surface area contributed by atoms with Gasteiger partial charge in [0.15, 0.2) is 0 Å². The molecule has 0 aliphatic heterocycles. The zero-order valence-electron chi connectivity index (χ0n) is 13.7. The van der Waals surface area contributed by atoms with Crippen LogP contribution in [0.5, 0.6) is 11.5 Å². The van der Waals surface area contributed by atoms with Gasteiger partial charge in [-0.2, -0.15) is 0 Å². The zero-order valence-corrected chi connectivity index (χ0v) is 14.5. The van der Waals surface area contributed by atoms with Crippen LogP contribution in [0.1, 0.15) is 12.5 Å². The second-order valence-electron chi connectivity index (χ2n) is 4.77. The predicted octanol–water partition coefficient (Wildman–Crippen LogP) is 2.36. The van der Waals surface area contributed by atoms with Gasteiger partial charge >= 0.3 is 0 Å². The van der Waals surface area contributed by atoms with Crippen molar-refractivity contribution < 1.29 is 17.9 Å². The minimum absolute atomic E-state index is 0.0663. The molecule has 24 heavy (non-hydrogen) atoms. The molecule has 0 aliphatic carbocycles. The minimum Gasteiger partial charge on any atom is -0.497 e. The fourth-order valence-electron chi connectivity index (χ4n) is 2.12. The molecule has 128 valence electrons. The number of aromatic nitrogens is 2. The molecule has 0 radical (unpaired) electrons. The quantitative estimate of drug-likeness (QED) is 0.763. The maximum absolute atomic E-state index is 12.6. The molecular formula is C16H19N3O4S. The van der Waals surface area contributed by atoms with E-state index in [0.29, 0.717) is 17.1 Å². The van der Waals surface area contributed by atoms with Crippen LogP contribution in [-0.4, -0.2) is 32.6 Å². The highest BCUT2D eigenvalue weighted by molar-refractivity contribution is 7.95. The average Bonchev–Trinajstić information content (AvgIpc) is 2.60. The number of sulfonamides is 1. The molecule has 1 aromatic heterocycles. The number of ether oxygens (including phenoxy) is 2. The van der Waals surface area contributed by atoms with Gasteiger partial charge in [0.25, 0.3) is 10.0 Å². The summed E-state index contributed by atoms with van der Waals surface area (Å²) in [4.78, 5) is 7.88. The predicted molar refractivity (Wildman–Crippen MR) is 91.5 cm³/mol. The standard InChI is InChI=1S/C16H19N3O4S/c1-4-9-24(20,21)19(16-7-8-17-12-18-16)11-13-5-6-14(22-2)10-15(13)23-3/h4-10,12H,11H2,1-3H3/b9-4+. The van der Waals surface area contributed by atoms with E-state index < -0.39 is 10.0 Å². The number of rotatable bonds is 7. The third-order valence-corrected chi connectivity index (χ3v) is 4.79. The van der Waals surface area contributed by atoms with Crippen LogP contribution < -0.4 is 13.8 Å². The lowest BCUT2D eigenvalue weighted by Crippen LogP contribution is -2.29. The highest BCUT2D eigenvalue weighted by Crippen LogP contribution is 2.28. The van der Waals surface area contributed by atoms with Crippen molar-refractivity contribution in [1.29, 1.82) is 0 Å². The molecule has 0 N–H and O–H groups in total. The Morgan fingerprint density at radius 1 is 1.21 bits per heavy atom. The van der Waals surface area contributed by atoms with Crippen molar-refractivity contribution in [2.24, 2.45) is 0 Å². The van der Waals surface area contributed by atoms with Crippen LogP contribution in [0.4, 0.5) is 5.82 Å². The van der Waals surface area contributed by atoms with E-state index >= 15 is 0 Å². The summed E-state index contributed by atoms with van der Waals surface area (Å²) >= 11 is 0. The Bertz CT molecular complexity index is 807. The lowest BCUT2D eigenvalue weighted by atomic mass is 10.2. The smallest absolute Gasteiger partial charge is 0.258 e. The maximum Gasteiger partial charge on any atom is 0.258 e. The fourth-order valence-corrected chi connectivity index (χ4v) is 3.29. The van der Waals surface area contributed by atoms with Gasteiger partial charge in [0.2, 0.25) is 0 Å². The Hall–Kier alpha value is -2.61.